The number of hydrogen-bond donors (Lipinski definition) is 0. The number of esters is 1. The highest BCUT2D eigenvalue weighted by atomic mass is 19.1. The summed E-state index contributed by atoms with van der Waals surface area (Å²) in [6, 6.07) is 5.46. The molecule has 1 heterocycles. The molecular weight excluding hydrogens is 261 g/mol. The van der Waals surface area contributed by atoms with E-state index >= 15 is 0 Å². The van der Waals surface area contributed by atoms with Crippen LogP contribution in [0.5, 0.6) is 0 Å². The standard InChI is InChI=1S/C15H18FNO3/c1-20-15(19)13-7-2-3-8-17(13)14(18)10-11-5-4-6-12(16)9-11/h4-6,9,13H,2-3,7-8,10H2,1H3/t13-/m1/s1. The zero-order chi connectivity index (χ0) is 14.5. The van der Waals surface area contributed by atoms with Gasteiger partial charge in [-0.1, -0.05) is 12.1 Å². The topological polar surface area (TPSA) is 46.6 Å². The Kier molecular flexibility index (Phi) is 4.71. The smallest absolute Gasteiger partial charge is 0.328 e. The van der Waals surface area contributed by atoms with Crippen LogP contribution in [0.4, 0.5) is 4.39 Å². The van der Waals surface area contributed by atoms with Crippen molar-refractivity contribution in [3.63, 3.8) is 0 Å². The number of carbonyl (C=O) groups excluding carboxylic acids is 2. The van der Waals surface area contributed by atoms with Gasteiger partial charge in [-0.05, 0) is 37.0 Å². The molecule has 108 valence electrons. The molecule has 1 saturated heterocycles. The number of amides is 1. The van der Waals surface area contributed by atoms with Crippen molar-refractivity contribution in [3.05, 3.63) is 35.6 Å². The van der Waals surface area contributed by atoms with Crippen LogP contribution in [0.25, 0.3) is 0 Å². The van der Waals surface area contributed by atoms with Crippen LogP contribution in [0.15, 0.2) is 24.3 Å². The van der Waals surface area contributed by atoms with E-state index in [0.717, 1.165) is 12.8 Å². The molecule has 0 aliphatic carbocycles. The fraction of sp³-hybridized carbons (Fsp3) is 0.467. The highest BCUT2D eigenvalue weighted by molar-refractivity contribution is 5.85. The Labute approximate surface area is 117 Å². The van der Waals surface area contributed by atoms with Gasteiger partial charge in [0.15, 0.2) is 0 Å². The van der Waals surface area contributed by atoms with Gasteiger partial charge in [-0.25, -0.2) is 9.18 Å². The van der Waals surface area contributed by atoms with E-state index in [0.29, 0.717) is 18.5 Å². The van der Waals surface area contributed by atoms with Crippen LogP contribution in [0, 0.1) is 5.82 Å². The van der Waals surface area contributed by atoms with E-state index in [9.17, 15) is 14.0 Å². The summed E-state index contributed by atoms with van der Waals surface area (Å²) in [6.45, 7) is 0.550. The molecule has 1 fully saturated rings. The van der Waals surface area contributed by atoms with E-state index in [1.54, 1.807) is 17.0 Å². The molecule has 20 heavy (non-hydrogen) atoms. The summed E-state index contributed by atoms with van der Waals surface area (Å²) in [5, 5.41) is 0. The molecule has 1 amide bonds. The molecule has 1 aliphatic heterocycles. The van der Waals surface area contributed by atoms with Gasteiger partial charge in [-0.3, -0.25) is 4.79 Å². The second kappa shape index (κ2) is 6.50. The fourth-order valence-corrected chi connectivity index (χ4v) is 2.53. The Morgan fingerprint density at radius 1 is 1.40 bits per heavy atom. The van der Waals surface area contributed by atoms with E-state index in [4.69, 9.17) is 4.74 Å². The number of piperidine rings is 1. The zero-order valence-corrected chi connectivity index (χ0v) is 11.5. The minimum absolute atomic E-state index is 0.102. The van der Waals surface area contributed by atoms with Gasteiger partial charge in [0, 0.05) is 6.54 Å². The number of halogens is 1. The molecule has 0 spiro atoms. The number of rotatable bonds is 3. The Bertz CT molecular complexity index is 504. The fourth-order valence-electron chi connectivity index (χ4n) is 2.53. The number of likely N-dealkylation sites (tertiary alicyclic amines) is 1. The van der Waals surface area contributed by atoms with Crippen LogP contribution in [0.3, 0.4) is 0 Å². The maximum atomic E-state index is 13.1. The lowest BCUT2D eigenvalue weighted by atomic mass is 10.0. The summed E-state index contributed by atoms with van der Waals surface area (Å²) >= 11 is 0. The number of benzene rings is 1. The minimum atomic E-state index is -0.505. The summed E-state index contributed by atoms with van der Waals surface area (Å²) < 4.78 is 17.9. The molecule has 0 saturated carbocycles. The minimum Gasteiger partial charge on any atom is -0.467 e. The summed E-state index contributed by atoms with van der Waals surface area (Å²) in [6.07, 6.45) is 2.51. The molecule has 5 heteroatoms. The highest BCUT2D eigenvalue weighted by Gasteiger charge is 2.32. The summed E-state index contributed by atoms with van der Waals surface area (Å²) in [5.41, 5.74) is 0.615. The van der Waals surface area contributed by atoms with Crippen molar-refractivity contribution in [2.75, 3.05) is 13.7 Å². The average molecular weight is 279 g/mol. The maximum absolute atomic E-state index is 13.1. The Hall–Kier alpha value is -1.91. The molecule has 2 rings (SSSR count). The van der Waals surface area contributed by atoms with Crippen LogP contribution >= 0.6 is 0 Å². The van der Waals surface area contributed by atoms with E-state index < -0.39 is 6.04 Å². The lowest BCUT2D eigenvalue weighted by Gasteiger charge is -2.33. The summed E-state index contributed by atoms with van der Waals surface area (Å²) in [5.74, 6) is -0.901. The first kappa shape index (κ1) is 14.5. The Morgan fingerprint density at radius 3 is 2.90 bits per heavy atom. The van der Waals surface area contributed by atoms with Crippen molar-refractivity contribution in [1.82, 2.24) is 4.90 Å². The van der Waals surface area contributed by atoms with Crippen molar-refractivity contribution >= 4 is 11.9 Å². The third-order valence-electron chi connectivity index (χ3n) is 3.54. The van der Waals surface area contributed by atoms with Crippen LogP contribution < -0.4 is 0 Å². The van der Waals surface area contributed by atoms with Gasteiger partial charge >= 0.3 is 5.97 Å². The first-order valence-electron chi connectivity index (χ1n) is 6.73. The van der Waals surface area contributed by atoms with E-state index in [2.05, 4.69) is 0 Å². The van der Waals surface area contributed by atoms with Crippen LogP contribution in [-0.2, 0) is 20.7 Å². The molecule has 4 nitrogen and oxygen atoms in total. The Balaban J connectivity index is 2.08. The third-order valence-corrected chi connectivity index (χ3v) is 3.54. The van der Waals surface area contributed by atoms with E-state index in [1.807, 2.05) is 0 Å². The quantitative estimate of drug-likeness (QED) is 0.794. The molecule has 1 atom stereocenters. The van der Waals surface area contributed by atoms with E-state index in [1.165, 1.54) is 19.2 Å². The first-order chi connectivity index (χ1) is 9.61. The maximum Gasteiger partial charge on any atom is 0.328 e. The van der Waals surface area contributed by atoms with Crippen molar-refractivity contribution in [2.45, 2.75) is 31.7 Å². The molecule has 0 unspecified atom stereocenters. The van der Waals surface area contributed by atoms with Crippen LogP contribution in [0.1, 0.15) is 24.8 Å². The molecule has 1 aliphatic rings. The van der Waals surface area contributed by atoms with Crippen molar-refractivity contribution in [1.29, 1.82) is 0 Å². The molecule has 0 N–H and O–H groups in total. The third kappa shape index (κ3) is 3.35. The predicted molar refractivity (Wildman–Crippen MR) is 71.5 cm³/mol. The summed E-state index contributed by atoms with van der Waals surface area (Å²) in [4.78, 5) is 25.6. The van der Waals surface area contributed by atoms with Gasteiger partial charge in [0.1, 0.15) is 11.9 Å². The average Bonchev–Trinajstić information content (AvgIpc) is 2.46. The second-order valence-corrected chi connectivity index (χ2v) is 4.93. The van der Waals surface area contributed by atoms with Gasteiger partial charge in [0.05, 0.1) is 13.5 Å². The van der Waals surface area contributed by atoms with Gasteiger partial charge in [0.25, 0.3) is 0 Å². The molecule has 0 bridgehead atoms. The van der Waals surface area contributed by atoms with Gasteiger partial charge < -0.3 is 9.64 Å². The molecular formula is C15H18FNO3. The number of nitrogens with zero attached hydrogens (tertiary/aromatic N) is 1. The van der Waals surface area contributed by atoms with Crippen LogP contribution in [-0.4, -0.2) is 36.5 Å². The monoisotopic (exact) mass is 279 g/mol. The molecule has 1 aromatic rings. The lowest BCUT2D eigenvalue weighted by molar-refractivity contribution is -0.154. The van der Waals surface area contributed by atoms with E-state index in [-0.39, 0.29) is 24.1 Å². The predicted octanol–water partition coefficient (Wildman–Crippen LogP) is 1.92. The van der Waals surface area contributed by atoms with Gasteiger partial charge in [-0.2, -0.15) is 0 Å². The number of ether oxygens (including phenoxy) is 1. The molecule has 0 radical (unpaired) electrons. The van der Waals surface area contributed by atoms with Crippen molar-refractivity contribution in [2.24, 2.45) is 0 Å². The lowest BCUT2D eigenvalue weighted by Crippen LogP contribution is -2.49. The first-order valence-corrected chi connectivity index (χ1v) is 6.73. The number of carbonyl (C=O) groups is 2. The van der Waals surface area contributed by atoms with Crippen LogP contribution in [0.2, 0.25) is 0 Å². The SMILES string of the molecule is COC(=O)[C@H]1CCCCN1C(=O)Cc1cccc(F)c1. The Morgan fingerprint density at radius 2 is 2.20 bits per heavy atom. The zero-order valence-electron chi connectivity index (χ0n) is 11.5. The number of hydrogen-bond acceptors (Lipinski definition) is 3. The molecule has 0 aromatic heterocycles. The number of methoxy groups -OCH3 is 1. The summed E-state index contributed by atoms with van der Waals surface area (Å²) in [7, 11) is 1.33. The molecule has 1 aromatic carbocycles. The normalized spacial score (nSPS) is 18.7. The van der Waals surface area contributed by atoms with Gasteiger partial charge in [-0.15, -0.1) is 0 Å². The van der Waals surface area contributed by atoms with Gasteiger partial charge in [0.2, 0.25) is 5.91 Å². The second-order valence-electron chi connectivity index (χ2n) is 4.93. The largest absolute Gasteiger partial charge is 0.467 e. The van der Waals surface area contributed by atoms with Crippen molar-refractivity contribution < 1.29 is 18.7 Å². The highest BCUT2D eigenvalue weighted by Crippen LogP contribution is 2.19. The van der Waals surface area contributed by atoms with Crippen molar-refractivity contribution in [3.8, 4) is 0 Å².